The van der Waals surface area contributed by atoms with Gasteiger partial charge in [0.25, 0.3) is 0 Å². The van der Waals surface area contributed by atoms with Crippen LogP contribution in [0.2, 0.25) is 0 Å². The lowest BCUT2D eigenvalue weighted by Crippen LogP contribution is -2.32. The molecule has 0 saturated carbocycles. The Morgan fingerprint density at radius 3 is 2.70 bits per heavy atom. The van der Waals surface area contributed by atoms with Crippen molar-refractivity contribution in [3.63, 3.8) is 0 Å². The summed E-state index contributed by atoms with van der Waals surface area (Å²) in [5.74, 6) is -0.673. The van der Waals surface area contributed by atoms with Crippen molar-refractivity contribution in [2.75, 3.05) is 6.35 Å². The van der Waals surface area contributed by atoms with Crippen LogP contribution in [0.25, 0.3) is 0 Å². The Balaban J connectivity index is 2.31. The Morgan fingerprint density at radius 2 is 2.13 bits per heavy atom. The summed E-state index contributed by atoms with van der Waals surface area (Å²) in [6.07, 6.45) is -4.66. The van der Waals surface area contributed by atoms with Crippen LogP contribution in [0.3, 0.4) is 0 Å². The smallest absolute Gasteiger partial charge is 0.246 e. The summed E-state index contributed by atoms with van der Waals surface area (Å²) in [5, 5.41) is 8.91. The van der Waals surface area contributed by atoms with Crippen LogP contribution in [0.4, 0.5) is 4.39 Å². The lowest BCUT2D eigenvalue weighted by Gasteiger charge is -2.20. The van der Waals surface area contributed by atoms with Gasteiger partial charge in [-0.1, -0.05) is 30.3 Å². The molecule has 7 heteroatoms. The van der Waals surface area contributed by atoms with E-state index in [0.717, 1.165) is 6.08 Å². The number of hydrogen-bond acceptors (Lipinski definition) is 4. The molecule has 5 atom stereocenters. The van der Waals surface area contributed by atoms with E-state index in [1.54, 1.807) is 44.2 Å². The third-order valence-electron chi connectivity index (χ3n) is 3.42. The third kappa shape index (κ3) is 4.72. The molecule has 1 aliphatic heterocycles. The van der Waals surface area contributed by atoms with Crippen LogP contribution in [0.1, 0.15) is 26.9 Å². The second kappa shape index (κ2) is 7.69. The van der Waals surface area contributed by atoms with Crippen LogP contribution in [0.5, 0.6) is 0 Å². The minimum atomic E-state index is -4.16. The van der Waals surface area contributed by atoms with E-state index >= 15 is 0 Å². The van der Waals surface area contributed by atoms with E-state index in [-0.39, 0.29) is 6.10 Å². The predicted octanol–water partition coefficient (Wildman–Crippen LogP) is 2.99. The van der Waals surface area contributed by atoms with E-state index in [0.29, 0.717) is 5.56 Å². The molecule has 2 rings (SSSR count). The van der Waals surface area contributed by atoms with Gasteiger partial charge < -0.3 is 19.5 Å². The van der Waals surface area contributed by atoms with E-state index < -0.39 is 44.0 Å². The third-order valence-corrected chi connectivity index (χ3v) is 4.36. The average Bonchev–Trinajstić information content (AvgIpc) is 2.84. The highest BCUT2D eigenvalue weighted by Gasteiger charge is 2.46. The van der Waals surface area contributed by atoms with Gasteiger partial charge in [0.05, 0.1) is 7.47 Å². The first-order valence-electron chi connectivity index (χ1n) is 7.88. The molecule has 0 aromatic heterocycles. The van der Waals surface area contributed by atoms with Gasteiger partial charge in [-0.2, -0.15) is 0 Å². The zero-order valence-electron chi connectivity index (χ0n) is 14.0. The largest absolute Gasteiger partial charge is 0.386 e. The Kier molecular flexibility index (Phi) is 5.62. The first kappa shape index (κ1) is 16.8. The first-order chi connectivity index (χ1) is 11.3. The summed E-state index contributed by atoms with van der Waals surface area (Å²) in [7, 11) is -4.16. The molecule has 0 amide bonds. The molecule has 1 aromatic rings. The minimum Gasteiger partial charge on any atom is -0.386 e. The highest BCUT2D eigenvalue weighted by Crippen LogP contribution is 2.43. The fourth-order valence-corrected chi connectivity index (χ4v) is 2.87. The quantitative estimate of drug-likeness (QED) is 0.775. The zero-order valence-corrected chi connectivity index (χ0v) is 13.9. The second-order valence-corrected chi connectivity index (χ2v) is 7.61. The molecule has 1 fully saturated rings. The van der Waals surface area contributed by atoms with Crippen LogP contribution in [0.15, 0.2) is 42.2 Å². The Morgan fingerprint density at radius 1 is 1.48 bits per heavy atom. The van der Waals surface area contributed by atoms with Gasteiger partial charge in [-0.3, -0.25) is 4.57 Å². The molecule has 1 heterocycles. The van der Waals surface area contributed by atoms with Crippen LogP contribution in [0, 0.1) is 0 Å². The fourth-order valence-electron chi connectivity index (χ4n) is 2.41. The van der Waals surface area contributed by atoms with Crippen molar-refractivity contribution in [3.8, 4) is 0 Å². The molecule has 23 heavy (non-hydrogen) atoms. The van der Waals surface area contributed by atoms with E-state index in [2.05, 4.69) is 0 Å². The maximum Gasteiger partial charge on any atom is 0.246 e. The molecular weight excluding hydrogens is 322 g/mol. The SMILES string of the molecule is [2H]/C(=C\[C@H]1O[C@@H](c2ccccc2)[C@H](F)[C@@H]1OC(C)C)P(=O)(O)CO. The van der Waals surface area contributed by atoms with Crippen molar-refractivity contribution in [2.45, 2.75) is 44.4 Å². The molecule has 2 N–H and O–H groups in total. The van der Waals surface area contributed by atoms with Gasteiger partial charge in [-0.15, -0.1) is 0 Å². The summed E-state index contributed by atoms with van der Waals surface area (Å²) in [6.45, 7) is 3.49. The Bertz CT molecular complexity index is 624. The molecule has 128 valence electrons. The van der Waals surface area contributed by atoms with Crippen molar-refractivity contribution in [2.24, 2.45) is 0 Å². The van der Waals surface area contributed by atoms with Gasteiger partial charge in [0.15, 0.2) is 6.17 Å². The second-order valence-electron chi connectivity index (χ2n) is 5.66. The van der Waals surface area contributed by atoms with E-state index in [4.69, 9.17) is 16.0 Å². The number of ether oxygens (including phenoxy) is 2. The number of aliphatic hydroxyl groups excluding tert-OH is 1. The van der Waals surface area contributed by atoms with Gasteiger partial charge in [0.2, 0.25) is 7.37 Å². The topological polar surface area (TPSA) is 76.0 Å². The van der Waals surface area contributed by atoms with Gasteiger partial charge in [-0.25, -0.2) is 4.39 Å². The number of rotatable bonds is 6. The maximum atomic E-state index is 14.9. The number of aliphatic hydroxyl groups is 1. The molecule has 5 nitrogen and oxygen atoms in total. The van der Waals surface area contributed by atoms with E-state index in [1.807, 2.05) is 0 Å². The highest BCUT2D eigenvalue weighted by atomic mass is 31.2. The average molecular weight is 345 g/mol. The van der Waals surface area contributed by atoms with Crippen molar-refractivity contribution >= 4 is 7.37 Å². The van der Waals surface area contributed by atoms with Gasteiger partial charge in [-0.05, 0) is 25.5 Å². The van der Waals surface area contributed by atoms with Crippen molar-refractivity contribution in [1.29, 1.82) is 0 Å². The molecule has 0 bridgehead atoms. The number of halogens is 1. The molecular formula is C16H22FO5P. The van der Waals surface area contributed by atoms with Crippen molar-refractivity contribution < 1.29 is 29.8 Å². The van der Waals surface area contributed by atoms with Crippen molar-refractivity contribution in [3.05, 3.63) is 47.8 Å². The Labute approximate surface area is 136 Å². The summed E-state index contributed by atoms with van der Waals surface area (Å²) >= 11 is 0. The van der Waals surface area contributed by atoms with Gasteiger partial charge >= 0.3 is 0 Å². The monoisotopic (exact) mass is 345 g/mol. The highest BCUT2D eigenvalue weighted by molar-refractivity contribution is 7.61. The standard InChI is InChI=1S/C16H22FO5P/c1-11(2)21-16-13(8-9-23(19,20)10-18)22-15(14(16)17)12-6-4-3-5-7-12/h3-9,11,13-16,18H,10H2,1-2H3,(H,19,20)/b9-8+/t13-,14+,15+,16-/m1/s1/i9D. The summed E-state index contributed by atoms with van der Waals surface area (Å²) in [6, 6.07) is 8.77. The number of alkyl halides is 1. The van der Waals surface area contributed by atoms with Crippen LogP contribution in [-0.2, 0) is 14.0 Å². The Hall–Kier alpha value is -1.04. The normalized spacial score (nSPS) is 31.9. The summed E-state index contributed by atoms with van der Waals surface area (Å²) < 4.78 is 45.5. The molecule has 0 aliphatic carbocycles. The summed E-state index contributed by atoms with van der Waals surface area (Å²) in [5.41, 5.74) is 0.624. The molecule has 1 saturated heterocycles. The molecule has 1 aromatic carbocycles. The lowest BCUT2D eigenvalue weighted by molar-refractivity contribution is -0.0387. The zero-order chi connectivity index (χ0) is 17.9. The number of benzene rings is 1. The first-order valence-corrected chi connectivity index (χ1v) is 9.22. The van der Waals surface area contributed by atoms with Crippen LogP contribution in [-0.4, -0.2) is 40.8 Å². The van der Waals surface area contributed by atoms with E-state index in [9.17, 15) is 13.8 Å². The summed E-state index contributed by atoms with van der Waals surface area (Å²) in [4.78, 5) is 9.53. The number of hydrogen-bond donors (Lipinski definition) is 2. The van der Waals surface area contributed by atoms with Gasteiger partial charge in [0, 0.05) is 5.79 Å². The predicted molar refractivity (Wildman–Crippen MR) is 85.0 cm³/mol. The maximum absolute atomic E-state index is 14.9. The molecule has 0 radical (unpaired) electrons. The van der Waals surface area contributed by atoms with Crippen LogP contribution < -0.4 is 0 Å². The van der Waals surface area contributed by atoms with Gasteiger partial charge in [0.1, 0.15) is 24.7 Å². The minimum absolute atomic E-state index is 0.282. The van der Waals surface area contributed by atoms with Crippen molar-refractivity contribution in [1.82, 2.24) is 0 Å². The molecule has 0 spiro atoms. The lowest BCUT2D eigenvalue weighted by atomic mass is 10.0. The molecule has 1 unspecified atom stereocenters. The fraction of sp³-hybridized carbons (Fsp3) is 0.500. The van der Waals surface area contributed by atoms with Crippen LogP contribution >= 0.6 is 7.37 Å². The van der Waals surface area contributed by atoms with E-state index in [1.165, 1.54) is 0 Å². The molecule has 1 aliphatic rings.